The highest BCUT2D eigenvalue weighted by molar-refractivity contribution is 7.18. The molecule has 23 heavy (non-hydrogen) atoms. The largest absolute Gasteiger partial charge is 0.335 e. The van der Waals surface area contributed by atoms with Crippen LogP contribution in [0.4, 0.5) is 0 Å². The number of fused-ring (bicyclic) bond motifs is 1. The van der Waals surface area contributed by atoms with Crippen LogP contribution in [0.15, 0.2) is 54.6 Å². The predicted molar refractivity (Wildman–Crippen MR) is 96.6 cm³/mol. The Hall–Kier alpha value is -2.17. The lowest BCUT2D eigenvalue weighted by atomic mass is 10.2. The molecule has 0 saturated carbocycles. The van der Waals surface area contributed by atoms with Crippen LogP contribution in [0, 0.1) is 0 Å². The zero-order valence-electron chi connectivity index (χ0n) is 12.6. The minimum atomic E-state index is -0.0655. The second kappa shape index (κ2) is 6.94. The molecule has 0 aliphatic heterocycles. The molecule has 1 aromatic heterocycles. The van der Waals surface area contributed by atoms with E-state index in [1.54, 1.807) is 41.5 Å². The summed E-state index contributed by atoms with van der Waals surface area (Å²) in [5, 5.41) is 1.58. The summed E-state index contributed by atoms with van der Waals surface area (Å²) < 4.78 is 1.14. The van der Waals surface area contributed by atoms with Gasteiger partial charge in [-0.1, -0.05) is 35.9 Å². The van der Waals surface area contributed by atoms with Gasteiger partial charge in [0, 0.05) is 18.1 Å². The Morgan fingerprint density at radius 1 is 1.26 bits per heavy atom. The van der Waals surface area contributed by atoms with Crippen molar-refractivity contribution in [3.63, 3.8) is 0 Å². The van der Waals surface area contributed by atoms with E-state index in [4.69, 9.17) is 11.6 Å². The molecule has 0 bridgehead atoms. The normalized spacial score (nSPS) is 11.2. The Kier molecular flexibility index (Phi) is 4.74. The van der Waals surface area contributed by atoms with Crippen LogP contribution >= 0.6 is 22.9 Å². The standard InChI is InChI=1S/C18H15ClN2OS/c1-21(12-17-20-15-7-2-3-8-16(15)23-17)18(22)10-9-13-5-4-6-14(19)11-13/h2-11H,12H2,1H3/b10-9+. The van der Waals surface area contributed by atoms with Gasteiger partial charge in [0.2, 0.25) is 5.91 Å². The number of benzene rings is 2. The molecule has 0 atom stereocenters. The number of hydrogen-bond acceptors (Lipinski definition) is 3. The molecule has 0 aliphatic rings. The van der Waals surface area contributed by atoms with Gasteiger partial charge in [-0.25, -0.2) is 4.98 Å². The number of rotatable bonds is 4. The predicted octanol–water partition coefficient (Wildman–Crippen LogP) is 4.62. The van der Waals surface area contributed by atoms with Crippen LogP contribution in [0.1, 0.15) is 10.6 Å². The highest BCUT2D eigenvalue weighted by atomic mass is 35.5. The summed E-state index contributed by atoms with van der Waals surface area (Å²) >= 11 is 7.55. The maximum atomic E-state index is 12.2. The third kappa shape index (κ3) is 3.97. The Labute approximate surface area is 143 Å². The van der Waals surface area contributed by atoms with Gasteiger partial charge >= 0.3 is 0 Å². The maximum Gasteiger partial charge on any atom is 0.246 e. The molecule has 0 radical (unpaired) electrons. The summed E-state index contributed by atoms with van der Waals surface area (Å²) in [6.45, 7) is 0.498. The molecule has 0 spiro atoms. The first kappa shape index (κ1) is 15.7. The minimum absolute atomic E-state index is 0.0655. The number of amides is 1. The van der Waals surface area contributed by atoms with E-state index in [9.17, 15) is 4.79 Å². The number of likely N-dealkylation sites (N-methyl/N-ethyl adjacent to an activating group) is 1. The second-order valence-electron chi connectivity index (χ2n) is 5.16. The first-order valence-corrected chi connectivity index (χ1v) is 8.34. The van der Waals surface area contributed by atoms with Crippen LogP contribution in [0.25, 0.3) is 16.3 Å². The quantitative estimate of drug-likeness (QED) is 0.648. The third-order valence-corrected chi connectivity index (χ3v) is 4.61. The van der Waals surface area contributed by atoms with Crippen LogP contribution in [-0.4, -0.2) is 22.8 Å². The van der Waals surface area contributed by atoms with Crippen molar-refractivity contribution in [1.29, 1.82) is 0 Å². The van der Waals surface area contributed by atoms with Gasteiger partial charge in [0.05, 0.1) is 16.8 Å². The molecule has 0 fully saturated rings. The molecule has 2 aromatic carbocycles. The smallest absolute Gasteiger partial charge is 0.246 e. The number of carbonyl (C=O) groups is 1. The summed E-state index contributed by atoms with van der Waals surface area (Å²) in [7, 11) is 1.77. The van der Waals surface area contributed by atoms with E-state index < -0.39 is 0 Å². The number of aromatic nitrogens is 1. The molecule has 3 aromatic rings. The summed E-state index contributed by atoms with van der Waals surface area (Å²) in [6.07, 6.45) is 3.32. The number of thiazole rings is 1. The Morgan fingerprint density at radius 2 is 2.09 bits per heavy atom. The number of para-hydroxylation sites is 1. The first-order chi connectivity index (χ1) is 11.1. The Bertz CT molecular complexity index is 839. The molecule has 116 valence electrons. The Balaban J connectivity index is 1.67. The van der Waals surface area contributed by atoms with Gasteiger partial charge in [-0.2, -0.15) is 0 Å². The molecule has 0 N–H and O–H groups in total. The van der Waals surface area contributed by atoms with Crippen LogP contribution in [0.5, 0.6) is 0 Å². The number of halogens is 1. The average Bonchev–Trinajstić information content (AvgIpc) is 2.94. The fraction of sp³-hybridized carbons (Fsp3) is 0.111. The first-order valence-electron chi connectivity index (χ1n) is 7.15. The zero-order valence-corrected chi connectivity index (χ0v) is 14.1. The minimum Gasteiger partial charge on any atom is -0.335 e. The molecule has 5 heteroatoms. The SMILES string of the molecule is CN(Cc1nc2ccccc2s1)C(=O)/C=C/c1cccc(Cl)c1. The average molecular weight is 343 g/mol. The topological polar surface area (TPSA) is 33.2 Å². The summed E-state index contributed by atoms with van der Waals surface area (Å²) in [6, 6.07) is 15.4. The second-order valence-corrected chi connectivity index (χ2v) is 6.71. The summed E-state index contributed by atoms with van der Waals surface area (Å²) in [5.41, 5.74) is 1.88. The van der Waals surface area contributed by atoms with E-state index in [0.29, 0.717) is 11.6 Å². The monoisotopic (exact) mass is 342 g/mol. The third-order valence-electron chi connectivity index (χ3n) is 3.35. The van der Waals surface area contributed by atoms with Gasteiger partial charge in [0.15, 0.2) is 0 Å². The number of hydrogen-bond donors (Lipinski definition) is 0. The molecular formula is C18H15ClN2OS. The highest BCUT2D eigenvalue weighted by Crippen LogP contribution is 2.22. The van der Waals surface area contributed by atoms with E-state index in [1.807, 2.05) is 42.5 Å². The van der Waals surface area contributed by atoms with E-state index in [2.05, 4.69) is 4.98 Å². The highest BCUT2D eigenvalue weighted by Gasteiger charge is 2.09. The molecule has 0 unspecified atom stereocenters. The lowest BCUT2D eigenvalue weighted by molar-refractivity contribution is -0.125. The molecule has 0 aliphatic carbocycles. The van der Waals surface area contributed by atoms with Crippen molar-refractivity contribution in [1.82, 2.24) is 9.88 Å². The molecule has 3 rings (SSSR count). The fourth-order valence-electron chi connectivity index (χ4n) is 2.17. The van der Waals surface area contributed by atoms with Gasteiger partial charge < -0.3 is 4.90 Å². The van der Waals surface area contributed by atoms with E-state index in [0.717, 1.165) is 20.8 Å². The van der Waals surface area contributed by atoms with Gasteiger partial charge in [0.25, 0.3) is 0 Å². The van der Waals surface area contributed by atoms with Gasteiger partial charge in [0.1, 0.15) is 5.01 Å². The zero-order chi connectivity index (χ0) is 16.2. The summed E-state index contributed by atoms with van der Waals surface area (Å²) in [5.74, 6) is -0.0655. The van der Waals surface area contributed by atoms with E-state index >= 15 is 0 Å². The van der Waals surface area contributed by atoms with Gasteiger partial charge in [-0.15, -0.1) is 11.3 Å². The van der Waals surface area contributed by atoms with Gasteiger partial charge in [-0.05, 0) is 35.9 Å². The van der Waals surface area contributed by atoms with Gasteiger partial charge in [-0.3, -0.25) is 4.79 Å². The van der Waals surface area contributed by atoms with Crippen molar-refractivity contribution in [3.05, 3.63) is 70.2 Å². The van der Waals surface area contributed by atoms with Crippen molar-refractivity contribution < 1.29 is 4.79 Å². The molecule has 1 amide bonds. The lowest BCUT2D eigenvalue weighted by Gasteiger charge is -2.12. The Morgan fingerprint density at radius 3 is 2.87 bits per heavy atom. The molecule has 0 saturated heterocycles. The van der Waals surface area contributed by atoms with Crippen LogP contribution < -0.4 is 0 Å². The lowest BCUT2D eigenvalue weighted by Crippen LogP contribution is -2.23. The van der Waals surface area contributed by atoms with Crippen LogP contribution in [-0.2, 0) is 11.3 Å². The van der Waals surface area contributed by atoms with Crippen LogP contribution in [0.2, 0.25) is 5.02 Å². The van der Waals surface area contributed by atoms with Crippen molar-refractivity contribution >= 4 is 45.1 Å². The molecular weight excluding hydrogens is 328 g/mol. The van der Waals surface area contributed by atoms with Crippen molar-refractivity contribution in [2.75, 3.05) is 7.05 Å². The number of nitrogens with zero attached hydrogens (tertiary/aromatic N) is 2. The maximum absolute atomic E-state index is 12.2. The number of carbonyl (C=O) groups excluding carboxylic acids is 1. The molecule has 3 nitrogen and oxygen atoms in total. The van der Waals surface area contributed by atoms with E-state index in [1.165, 1.54) is 0 Å². The van der Waals surface area contributed by atoms with Crippen LogP contribution in [0.3, 0.4) is 0 Å². The van der Waals surface area contributed by atoms with E-state index in [-0.39, 0.29) is 5.91 Å². The van der Waals surface area contributed by atoms with Crippen molar-refractivity contribution in [2.24, 2.45) is 0 Å². The van der Waals surface area contributed by atoms with Crippen molar-refractivity contribution in [2.45, 2.75) is 6.54 Å². The fourth-order valence-corrected chi connectivity index (χ4v) is 3.39. The molecule has 1 heterocycles. The van der Waals surface area contributed by atoms with Crippen molar-refractivity contribution in [3.8, 4) is 0 Å². The summed E-state index contributed by atoms with van der Waals surface area (Å²) in [4.78, 5) is 18.4.